The molecule has 456 valence electrons. The Morgan fingerprint density at radius 2 is 0.823 bits per heavy atom. The maximum atomic E-state index is 13.2. The van der Waals surface area contributed by atoms with Crippen LogP contribution in [0.2, 0.25) is 0 Å². The predicted molar refractivity (Wildman–Crippen MR) is 322 cm³/mol. The van der Waals surface area contributed by atoms with Gasteiger partial charge in [-0.1, -0.05) is 261 Å². The van der Waals surface area contributed by atoms with Crippen molar-refractivity contribution in [1.82, 2.24) is 0 Å². The Balaban J connectivity index is 2.67. The third-order valence-corrected chi connectivity index (χ3v) is 14.6. The predicted octanol–water partition coefficient (Wildman–Crippen LogP) is 17.1. The van der Waals surface area contributed by atoms with Gasteiger partial charge in [-0.05, 0) is 70.6 Å². The lowest BCUT2D eigenvalue weighted by atomic mass is 9.98. The molecule has 0 spiro atoms. The molecule has 0 radical (unpaired) electrons. The van der Waals surface area contributed by atoms with E-state index >= 15 is 0 Å². The van der Waals surface area contributed by atoms with E-state index in [0.29, 0.717) is 25.7 Å². The van der Waals surface area contributed by atoms with Crippen molar-refractivity contribution in [2.75, 3.05) is 13.2 Å². The first-order valence-corrected chi connectivity index (χ1v) is 32.3. The number of hydrogen-bond acceptors (Lipinski definition) is 11. The van der Waals surface area contributed by atoms with Crippen LogP contribution in [0.15, 0.2) is 60.8 Å². The average molecular weight is 1110 g/mol. The monoisotopic (exact) mass is 1110 g/mol. The van der Waals surface area contributed by atoms with E-state index in [1.807, 2.05) is 18.2 Å². The molecule has 1 aliphatic rings. The summed E-state index contributed by atoms with van der Waals surface area (Å²) in [4.78, 5) is 51.2. The van der Waals surface area contributed by atoms with Gasteiger partial charge in [-0.25, -0.2) is 4.79 Å². The van der Waals surface area contributed by atoms with Crippen molar-refractivity contribution in [3.05, 3.63) is 60.8 Å². The van der Waals surface area contributed by atoms with Crippen molar-refractivity contribution in [2.45, 2.75) is 327 Å². The molecule has 0 saturated carbocycles. The summed E-state index contributed by atoms with van der Waals surface area (Å²) in [6.07, 6.45) is 56.4. The van der Waals surface area contributed by atoms with Gasteiger partial charge in [0.05, 0.1) is 6.61 Å². The molecular weight excluding hydrogens is 997 g/mol. The Kier molecular flexibility index (Phi) is 51.1. The molecule has 0 bridgehead atoms. The van der Waals surface area contributed by atoms with Crippen molar-refractivity contribution < 1.29 is 58.2 Å². The summed E-state index contributed by atoms with van der Waals surface area (Å²) in [5.41, 5.74) is 0. The molecule has 0 aliphatic carbocycles. The van der Waals surface area contributed by atoms with Gasteiger partial charge in [0.1, 0.15) is 18.8 Å². The van der Waals surface area contributed by atoms with Gasteiger partial charge in [0.15, 0.2) is 24.6 Å². The highest BCUT2D eigenvalue weighted by Gasteiger charge is 2.50. The maximum Gasteiger partial charge on any atom is 0.335 e. The Labute approximate surface area is 481 Å². The third kappa shape index (κ3) is 44.7. The number of aliphatic carboxylic acids is 1. The van der Waals surface area contributed by atoms with Gasteiger partial charge in [-0.15, -0.1) is 0 Å². The van der Waals surface area contributed by atoms with Crippen molar-refractivity contribution >= 4 is 23.9 Å². The lowest BCUT2D eigenvalue weighted by molar-refractivity contribution is -0.301. The fourth-order valence-electron chi connectivity index (χ4n) is 9.67. The minimum Gasteiger partial charge on any atom is -0.479 e. The Bertz CT molecular complexity index is 1600. The molecule has 12 heteroatoms. The number of unbranched alkanes of at least 4 members (excludes halogenated alkanes) is 31. The number of carboxylic acid groups (broad SMARTS) is 1. The second-order valence-electron chi connectivity index (χ2n) is 22.0. The van der Waals surface area contributed by atoms with Gasteiger partial charge < -0.3 is 39.0 Å². The highest BCUT2D eigenvalue weighted by atomic mass is 16.7. The lowest BCUT2D eigenvalue weighted by Crippen LogP contribution is -2.61. The Morgan fingerprint density at radius 3 is 1.27 bits per heavy atom. The van der Waals surface area contributed by atoms with E-state index < -0.39 is 67.3 Å². The minimum atomic E-state index is -1.93. The third-order valence-electron chi connectivity index (χ3n) is 14.6. The molecule has 0 aromatic heterocycles. The van der Waals surface area contributed by atoms with E-state index in [4.69, 9.17) is 23.7 Å². The molecule has 1 heterocycles. The average Bonchev–Trinajstić information content (AvgIpc) is 3.46. The van der Waals surface area contributed by atoms with Crippen LogP contribution < -0.4 is 0 Å². The number of carboxylic acids is 1. The summed E-state index contributed by atoms with van der Waals surface area (Å²) in [6.45, 7) is 5.87. The molecule has 6 unspecified atom stereocenters. The van der Waals surface area contributed by atoms with Gasteiger partial charge in [0, 0.05) is 19.3 Å². The molecule has 1 rings (SSSR count). The highest BCUT2D eigenvalue weighted by Crippen LogP contribution is 2.26. The van der Waals surface area contributed by atoms with E-state index in [1.54, 1.807) is 0 Å². The second kappa shape index (κ2) is 55.0. The number of rotatable bonds is 55. The lowest BCUT2D eigenvalue weighted by Gasteiger charge is -2.40. The van der Waals surface area contributed by atoms with Gasteiger partial charge in [-0.2, -0.15) is 0 Å². The van der Waals surface area contributed by atoms with Crippen molar-refractivity contribution in [3.8, 4) is 0 Å². The molecular formula is C67H116O12. The molecule has 0 amide bonds. The number of allylic oxidation sites excluding steroid dienone is 10. The van der Waals surface area contributed by atoms with E-state index in [1.165, 1.54) is 154 Å². The Morgan fingerprint density at radius 1 is 0.430 bits per heavy atom. The molecule has 79 heavy (non-hydrogen) atoms. The van der Waals surface area contributed by atoms with Crippen LogP contribution in [-0.2, 0) is 42.9 Å². The van der Waals surface area contributed by atoms with Crippen LogP contribution in [0.1, 0.15) is 290 Å². The molecule has 0 aromatic rings. The number of aliphatic hydroxyl groups excluding tert-OH is 2. The second-order valence-corrected chi connectivity index (χ2v) is 22.0. The quantitative estimate of drug-likeness (QED) is 0.0228. The zero-order chi connectivity index (χ0) is 57.5. The molecule has 0 aromatic carbocycles. The molecule has 1 saturated heterocycles. The summed E-state index contributed by atoms with van der Waals surface area (Å²) in [6, 6.07) is 0. The number of aliphatic hydroxyl groups is 2. The zero-order valence-electron chi connectivity index (χ0n) is 50.4. The van der Waals surface area contributed by atoms with E-state index in [2.05, 4.69) is 63.3 Å². The molecule has 1 aliphatic heterocycles. The summed E-state index contributed by atoms with van der Waals surface area (Å²) >= 11 is 0. The zero-order valence-corrected chi connectivity index (χ0v) is 50.4. The summed E-state index contributed by atoms with van der Waals surface area (Å²) in [5.74, 6) is -3.21. The van der Waals surface area contributed by atoms with E-state index in [0.717, 1.165) is 70.6 Å². The number of esters is 3. The maximum absolute atomic E-state index is 13.2. The standard InChI is InChI=1S/C67H116O12/c1-4-7-10-13-16-19-22-25-27-29-30-32-33-36-38-41-44-47-50-53-59(68)75-56-58(77-60(69)54-51-48-45-42-40-37-34-31-28-26-23-20-17-14-11-8-5-2)57-76-67-65(63(72)62(71)64(79-67)66(73)74)78-61(70)55-52-49-46-43-39-35-24-21-18-15-12-9-6-3/h9,12,18,21,26,28,35,39,46,49,58,62-65,67,71-72H,4-8,10-11,13-17,19-20,22-25,27,29-34,36-38,40-45,47-48,50-57H2,1-3H3,(H,73,74)/b12-9-,21-18-,28-26-,39-35-,49-46-. The van der Waals surface area contributed by atoms with Crippen LogP contribution in [0, 0.1) is 0 Å². The van der Waals surface area contributed by atoms with Crippen molar-refractivity contribution in [2.24, 2.45) is 0 Å². The van der Waals surface area contributed by atoms with Crippen LogP contribution in [0.3, 0.4) is 0 Å². The largest absolute Gasteiger partial charge is 0.479 e. The van der Waals surface area contributed by atoms with Crippen LogP contribution >= 0.6 is 0 Å². The van der Waals surface area contributed by atoms with Gasteiger partial charge in [-0.3, -0.25) is 14.4 Å². The summed E-state index contributed by atoms with van der Waals surface area (Å²) in [5, 5.41) is 31.5. The summed E-state index contributed by atoms with van der Waals surface area (Å²) in [7, 11) is 0. The number of carbonyl (C=O) groups excluding carboxylic acids is 3. The summed E-state index contributed by atoms with van der Waals surface area (Å²) < 4.78 is 28.4. The topological polar surface area (TPSA) is 175 Å². The van der Waals surface area contributed by atoms with E-state index in [-0.39, 0.29) is 25.9 Å². The van der Waals surface area contributed by atoms with Crippen LogP contribution in [-0.4, -0.2) is 89.2 Å². The normalized spacial score (nSPS) is 18.2. The highest BCUT2D eigenvalue weighted by molar-refractivity contribution is 5.74. The fraction of sp³-hybridized carbons (Fsp3) is 0.791. The Hall–Kier alpha value is -3.58. The number of hydrogen-bond donors (Lipinski definition) is 3. The molecule has 3 N–H and O–H groups in total. The van der Waals surface area contributed by atoms with E-state index in [9.17, 15) is 34.5 Å². The van der Waals surface area contributed by atoms with Crippen molar-refractivity contribution in [3.63, 3.8) is 0 Å². The molecule has 1 fully saturated rings. The van der Waals surface area contributed by atoms with Crippen molar-refractivity contribution in [1.29, 1.82) is 0 Å². The van der Waals surface area contributed by atoms with Gasteiger partial charge in [0.2, 0.25) is 0 Å². The molecule has 6 atom stereocenters. The smallest absolute Gasteiger partial charge is 0.335 e. The first-order chi connectivity index (χ1) is 38.6. The first-order valence-electron chi connectivity index (χ1n) is 32.3. The minimum absolute atomic E-state index is 0.0602. The number of ether oxygens (including phenoxy) is 5. The SMILES string of the molecule is CC/C=C\C/C=C\C/C=C\C/C=C\CCC(=O)OC1C(OCC(COC(=O)CCCCCCCCCCCCCCCCCCCCC)OC(=O)CCCCCCCCC/C=C\CCCCCCCC)OC(C(=O)O)C(O)C1O. The van der Waals surface area contributed by atoms with Gasteiger partial charge >= 0.3 is 23.9 Å². The fourth-order valence-corrected chi connectivity index (χ4v) is 9.67. The van der Waals surface area contributed by atoms with Crippen LogP contribution in [0.25, 0.3) is 0 Å². The van der Waals surface area contributed by atoms with Gasteiger partial charge in [0.25, 0.3) is 0 Å². The first kappa shape index (κ1) is 73.4. The van der Waals surface area contributed by atoms with Crippen LogP contribution in [0.4, 0.5) is 0 Å². The van der Waals surface area contributed by atoms with Crippen LogP contribution in [0.5, 0.6) is 0 Å². The number of carbonyl (C=O) groups is 4. The molecule has 12 nitrogen and oxygen atoms in total.